The molecule has 0 aliphatic rings. The van der Waals surface area contributed by atoms with Crippen LogP contribution in [0.25, 0.3) is 0 Å². The quantitative estimate of drug-likeness (QED) is 0.442. The summed E-state index contributed by atoms with van der Waals surface area (Å²) in [5.74, 6) is 0.824. The zero-order valence-electron chi connectivity index (χ0n) is 15.6. The molecule has 1 atom stereocenters. The van der Waals surface area contributed by atoms with Crippen molar-refractivity contribution in [2.75, 3.05) is 21.6 Å². The summed E-state index contributed by atoms with van der Waals surface area (Å²) in [6.45, 7) is 5.65. The molecule has 2 rings (SSSR count). The van der Waals surface area contributed by atoms with Crippen molar-refractivity contribution >= 4 is 73.0 Å². The number of carbonyl (C=O) groups is 1. The molecule has 2 aromatic rings. The van der Waals surface area contributed by atoms with Gasteiger partial charge >= 0.3 is 0 Å². The molecule has 0 saturated heterocycles. The SMILES string of the molecule is CC(C)CSc1nnc(NC(=O)C(C)N(c2cc(Cl)ccc2Cl)S(C)(=O)=O)s1. The van der Waals surface area contributed by atoms with Crippen LogP contribution in [0.15, 0.2) is 22.5 Å². The Labute approximate surface area is 182 Å². The van der Waals surface area contributed by atoms with E-state index < -0.39 is 22.0 Å². The fraction of sp³-hybridized carbons (Fsp3) is 0.438. The molecule has 0 aliphatic heterocycles. The molecule has 0 saturated carbocycles. The van der Waals surface area contributed by atoms with Crippen molar-refractivity contribution in [2.24, 2.45) is 5.92 Å². The van der Waals surface area contributed by atoms with E-state index in [-0.39, 0.29) is 10.7 Å². The number of thioether (sulfide) groups is 1. The van der Waals surface area contributed by atoms with Gasteiger partial charge in [-0.1, -0.05) is 60.1 Å². The monoisotopic (exact) mass is 482 g/mol. The third-order valence-corrected chi connectivity index (χ3v) is 7.59. The van der Waals surface area contributed by atoms with Crippen LogP contribution in [0.4, 0.5) is 10.8 Å². The number of halogens is 2. The predicted octanol–water partition coefficient (Wildman–Crippen LogP) is 4.39. The van der Waals surface area contributed by atoms with E-state index in [1.165, 1.54) is 36.5 Å². The number of nitrogens with zero attached hydrogens (tertiary/aromatic N) is 3. The highest BCUT2D eigenvalue weighted by Gasteiger charge is 2.31. The molecule has 1 unspecified atom stereocenters. The van der Waals surface area contributed by atoms with Crippen molar-refractivity contribution in [1.82, 2.24) is 10.2 Å². The van der Waals surface area contributed by atoms with Gasteiger partial charge in [0.15, 0.2) is 4.34 Å². The molecular formula is C16H20Cl2N4O3S3. The van der Waals surface area contributed by atoms with Crippen LogP contribution in [0.3, 0.4) is 0 Å². The second-order valence-corrected chi connectivity index (χ2v) is 11.3. The van der Waals surface area contributed by atoms with Gasteiger partial charge in [-0.3, -0.25) is 14.4 Å². The van der Waals surface area contributed by atoms with Gasteiger partial charge in [-0.2, -0.15) is 0 Å². The number of amides is 1. The van der Waals surface area contributed by atoms with Crippen molar-refractivity contribution in [3.05, 3.63) is 28.2 Å². The van der Waals surface area contributed by atoms with Crippen LogP contribution in [0.5, 0.6) is 0 Å². The van der Waals surface area contributed by atoms with E-state index in [4.69, 9.17) is 23.2 Å². The zero-order chi connectivity index (χ0) is 21.1. The number of hydrogen-bond donors (Lipinski definition) is 1. The van der Waals surface area contributed by atoms with Crippen LogP contribution < -0.4 is 9.62 Å². The number of aromatic nitrogens is 2. The highest BCUT2D eigenvalue weighted by Crippen LogP contribution is 2.33. The third-order valence-electron chi connectivity index (χ3n) is 3.41. The third kappa shape index (κ3) is 6.21. The summed E-state index contributed by atoms with van der Waals surface area (Å²) in [4.78, 5) is 12.7. The molecule has 0 spiro atoms. The van der Waals surface area contributed by atoms with E-state index in [1.807, 2.05) is 0 Å². The molecule has 0 bridgehead atoms. The number of sulfonamides is 1. The van der Waals surface area contributed by atoms with Crippen LogP contribution in [0, 0.1) is 5.92 Å². The Hall–Kier alpha value is -1.07. The fourth-order valence-corrected chi connectivity index (χ4v) is 5.54. The second-order valence-electron chi connectivity index (χ2n) is 6.40. The van der Waals surface area contributed by atoms with Crippen molar-refractivity contribution in [3.63, 3.8) is 0 Å². The van der Waals surface area contributed by atoms with E-state index >= 15 is 0 Å². The summed E-state index contributed by atoms with van der Waals surface area (Å²) in [6, 6.07) is 3.34. The minimum absolute atomic E-state index is 0.129. The minimum atomic E-state index is -3.81. The van der Waals surface area contributed by atoms with E-state index in [2.05, 4.69) is 29.4 Å². The first kappa shape index (κ1) is 23.2. The first-order chi connectivity index (χ1) is 13.0. The first-order valence-corrected chi connectivity index (χ1v) is 12.6. The normalized spacial score (nSPS) is 12.8. The van der Waals surface area contributed by atoms with E-state index in [9.17, 15) is 13.2 Å². The first-order valence-electron chi connectivity index (χ1n) is 8.20. The lowest BCUT2D eigenvalue weighted by Gasteiger charge is -2.28. The average molecular weight is 483 g/mol. The minimum Gasteiger partial charge on any atom is -0.299 e. The number of rotatable bonds is 8. The molecule has 0 radical (unpaired) electrons. The Kier molecular flexibility index (Phi) is 7.97. The summed E-state index contributed by atoms with van der Waals surface area (Å²) in [6.07, 6.45) is 1.000. The van der Waals surface area contributed by atoms with Gasteiger partial charge in [0, 0.05) is 10.8 Å². The van der Waals surface area contributed by atoms with Gasteiger partial charge in [0.1, 0.15) is 6.04 Å². The van der Waals surface area contributed by atoms with Gasteiger partial charge < -0.3 is 0 Å². The zero-order valence-corrected chi connectivity index (χ0v) is 19.6. The highest BCUT2D eigenvalue weighted by atomic mass is 35.5. The standard InChI is InChI=1S/C16H20Cl2N4O3S3/c1-9(2)8-26-16-21-20-15(27-16)19-14(23)10(3)22(28(4,24)25)13-7-11(17)5-6-12(13)18/h5-7,9-10H,8H2,1-4H3,(H,19,20,23). The Morgan fingerprint density at radius 3 is 2.57 bits per heavy atom. The maximum Gasteiger partial charge on any atom is 0.249 e. The summed E-state index contributed by atoms with van der Waals surface area (Å²) >= 11 is 14.9. The van der Waals surface area contributed by atoms with Crippen LogP contribution in [0.2, 0.25) is 10.0 Å². The molecule has 154 valence electrons. The Morgan fingerprint density at radius 2 is 1.96 bits per heavy atom. The van der Waals surface area contributed by atoms with Crippen molar-refractivity contribution in [1.29, 1.82) is 0 Å². The van der Waals surface area contributed by atoms with Crippen molar-refractivity contribution in [2.45, 2.75) is 31.2 Å². The molecule has 7 nitrogen and oxygen atoms in total. The summed E-state index contributed by atoms with van der Waals surface area (Å²) in [5, 5.41) is 11.4. The molecule has 0 fully saturated rings. The van der Waals surface area contributed by atoms with Crippen LogP contribution >= 0.6 is 46.3 Å². The number of hydrogen-bond acceptors (Lipinski definition) is 7. The lowest BCUT2D eigenvalue weighted by atomic mass is 10.2. The number of benzene rings is 1. The maximum atomic E-state index is 12.7. The van der Waals surface area contributed by atoms with E-state index in [0.717, 1.165) is 20.7 Å². The second kappa shape index (κ2) is 9.62. The molecule has 1 aromatic carbocycles. The van der Waals surface area contributed by atoms with Gasteiger partial charge in [0.2, 0.25) is 21.1 Å². The van der Waals surface area contributed by atoms with Crippen LogP contribution in [0.1, 0.15) is 20.8 Å². The molecule has 0 aliphatic carbocycles. The van der Waals surface area contributed by atoms with Gasteiger partial charge in [-0.25, -0.2) is 8.42 Å². The maximum absolute atomic E-state index is 12.7. The Morgan fingerprint density at radius 1 is 1.29 bits per heavy atom. The lowest BCUT2D eigenvalue weighted by Crippen LogP contribution is -2.45. The number of anilines is 2. The summed E-state index contributed by atoms with van der Waals surface area (Å²) in [7, 11) is -3.81. The van der Waals surface area contributed by atoms with Gasteiger partial charge in [0.05, 0.1) is 17.0 Å². The van der Waals surface area contributed by atoms with Crippen LogP contribution in [-0.4, -0.2) is 42.6 Å². The number of nitrogens with one attached hydrogen (secondary N) is 1. The molecule has 28 heavy (non-hydrogen) atoms. The lowest BCUT2D eigenvalue weighted by molar-refractivity contribution is -0.116. The Balaban J connectivity index is 2.22. The highest BCUT2D eigenvalue weighted by molar-refractivity contribution is 8.01. The van der Waals surface area contributed by atoms with Crippen molar-refractivity contribution in [3.8, 4) is 0 Å². The molecule has 12 heteroatoms. The van der Waals surface area contributed by atoms with Gasteiger partial charge in [0.25, 0.3) is 0 Å². The van der Waals surface area contributed by atoms with Gasteiger partial charge in [-0.05, 0) is 31.0 Å². The van der Waals surface area contributed by atoms with Crippen molar-refractivity contribution < 1.29 is 13.2 Å². The molecule has 1 aromatic heterocycles. The Bertz CT molecular complexity index is 950. The smallest absolute Gasteiger partial charge is 0.249 e. The molecule has 1 amide bonds. The molecular weight excluding hydrogens is 463 g/mol. The van der Waals surface area contributed by atoms with E-state index in [0.29, 0.717) is 16.1 Å². The fourth-order valence-electron chi connectivity index (χ4n) is 2.20. The topological polar surface area (TPSA) is 92.3 Å². The summed E-state index contributed by atoms with van der Waals surface area (Å²) < 4.78 is 26.4. The average Bonchev–Trinajstić information content (AvgIpc) is 3.02. The largest absolute Gasteiger partial charge is 0.299 e. The molecule has 1 N–H and O–H groups in total. The molecule has 1 heterocycles. The number of carbonyl (C=O) groups excluding carboxylic acids is 1. The van der Waals surface area contributed by atoms with E-state index in [1.54, 1.807) is 11.8 Å². The van der Waals surface area contributed by atoms with Gasteiger partial charge in [-0.15, -0.1) is 10.2 Å². The van der Waals surface area contributed by atoms with Crippen LogP contribution in [-0.2, 0) is 14.8 Å². The predicted molar refractivity (Wildman–Crippen MR) is 117 cm³/mol. The summed E-state index contributed by atoms with van der Waals surface area (Å²) in [5.41, 5.74) is 0.129.